The van der Waals surface area contributed by atoms with Crippen LogP contribution in [0.4, 0.5) is 0 Å². The van der Waals surface area contributed by atoms with Gasteiger partial charge in [-0.05, 0) is 25.0 Å². The molecule has 1 amide bonds. The Labute approximate surface area is 157 Å². The number of amides is 1. The van der Waals surface area contributed by atoms with E-state index in [2.05, 4.69) is 5.32 Å². The molecular weight excluding hydrogens is 346 g/mol. The Morgan fingerprint density at radius 2 is 1.56 bits per heavy atom. The fraction of sp³-hybridized carbons (Fsp3) is 0.333. The highest BCUT2D eigenvalue weighted by Gasteiger charge is 2.41. The zero-order valence-corrected chi connectivity index (χ0v) is 14.8. The summed E-state index contributed by atoms with van der Waals surface area (Å²) in [5.74, 6) is -0.341. The van der Waals surface area contributed by atoms with Crippen LogP contribution in [0.25, 0.3) is 0 Å². The molecule has 2 N–H and O–H groups in total. The number of fused-ring (bicyclic) bond motifs is 2. The van der Waals surface area contributed by atoms with E-state index in [-0.39, 0.29) is 12.5 Å². The number of hydrogen-bond acceptors (Lipinski definition) is 4. The zero-order chi connectivity index (χ0) is 18.9. The zero-order valence-electron chi connectivity index (χ0n) is 14.8. The van der Waals surface area contributed by atoms with Crippen LogP contribution in [0, 0.1) is 5.41 Å². The van der Waals surface area contributed by atoms with Crippen molar-refractivity contribution in [2.45, 2.75) is 18.8 Å². The summed E-state index contributed by atoms with van der Waals surface area (Å²) >= 11 is 0. The van der Waals surface area contributed by atoms with Crippen LogP contribution in [0.3, 0.4) is 0 Å². The minimum absolute atomic E-state index is 0.0895. The molecule has 0 unspecified atom stereocenters. The van der Waals surface area contributed by atoms with Crippen molar-refractivity contribution in [2.24, 2.45) is 5.41 Å². The largest absolute Gasteiger partial charge is 0.481 e. The molecule has 2 aliphatic heterocycles. The topological polar surface area (TPSA) is 84.9 Å². The van der Waals surface area contributed by atoms with E-state index in [0.29, 0.717) is 37.6 Å². The van der Waals surface area contributed by atoms with Crippen molar-refractivity contribution in [2.75, 3.05) is 19.8 Å². The number of rotatable bonds is 4. The van der Waals surface area contributed by atoms with Gasteiger partial charge in [0.1, 0.15) is 11.5 Å². The molecule has 0 aliphatic carbocycles. The Balaban J connectivity index is 1.61. The number of hydrogen-bond donors (Lipinski definition) is 2. The second kappa shape index (κ2) is 7.04. The Kier molecular flexibility index (Phi) is 4.58. The smallest absolute Gasteiger partial charge is 0.311 e. The van der Waals surface area contributed by atoms with Crippen LogP contribution in [0.15, 0.2) is 48.5 Å². The average molecular weight is 367 g/mol. The molecule has 0 radical (unpaired) electrons. The molecule has 2 aromatic carbocycles. The summed E-state index contributed by atoms with van der Waals surface area (Å²) in [6.07, 6.45) is 0.785. The lowest BCUT2D eigenvalue weighted by Gasteiger charge is -2.34. The van der Waals surface area contributed by atoms with E-state index in [1.807, 2.05) is 48.5 Å². The normalized spacial score (nSPS) is 17.9. The van der Waals surface area contributed by atoms with Gasteiger partial charge in [-0.3, -0.25) is 9.59 Å². The van der Waals surface area contributed by atoms with Gasteiger partial charge in [-0.15, -0.1) is 0 Å². The molecule has 140 valence electrons. The molecule has 6 nitrogen and oxygen atoms in total. The first-order valence-corrected chi connectivity index (χ1v) is 9.05. The van der Waals surface area contributed by atoms with Crippen LogP contribution in [0.5, 0.6) is 11.5 Å². The maximum atomic E-state index is 13.1. The standard InChI is InChI=1S/C21H21NO5/c23-19(22-13-21(20(24)25)9-11-26-12-10-21)18-14-5-1-3-7-16(14)27-17-8-4-2-6-15(17)18/h1-8,18H,9-13H2,(H,22,23)(H,24,25). The minimum atomic E-state index is -0.974. The van der Waals surface area contributed by atoms with E-state index in [4.69, 9.17) is 9.47 Å². The van der Waals surface area contributed by atoms with Gasteiger partial charge < -0.3 is 19.9 Å². The Bertz CT molecular complexity index is 827. The van der Waals surface area contributed by atoms with E-state index >= 15 is 0 Å². The van der Waals surface area contributed by atoms with Crippen molar-refractivity contribution in [1.29, 1.82) is 0 Å². The van der Waals surface area contributed by atoms with E-state index in [9.17, 15) is 14.7 Å². The molecule has 0 bridgehead atoms. The van der Waals surface area contributed by atoms with Crippen LogP contribution in [0.1, 0.15) is 29.9 Å². The summed E-state index contributed by atoms with van der Waals surface area (Å²) in [7, 11) is 0. The molecule has 1 fully saturated rings. The fourth-order valence-electron chi connectivity index (χ4n) is 3.78. The van der Waals surface area contributed by atoms with Crippen LogP contribution >= 0.6 is 0 Å². The lowest BCUT2D eigenvalue weighted by Crippen LogP contribution is -2.47. The third-order valence-corrected chi connectivity index (χ3v) is 5.45. The number of para-hydroxylation sites is 2. The summed E-state index contributed by atoms with van der Waals surface area (Å²) in [5, 5.41) is 12.6. The van der Waals surface area contributed by atoms with Crippen LogP contribution < -0.4 is 10.1 Å². The van der Waals surface area contributed by atoms with Gasteiger partial charge in [0.05, 0.1) is 11.3 Å². The van der Waals surface area contributed by atoms with Gasteiger partial charge in [-0.2, -0.15) is 0 Å². The van der Waals surface area contributed by atoms with Gasteiger partial charge in [0, 0.05) is 30.9 Å². The summed E-state index contributed by atoms with van der Waals surface area (Å²) < 4.78 is 11.2. The average Bonchev–Trinajstić information content (AvgIpc) is 2.70. The number of benzene rings is 2. The summed E-state index contributed by atoms with van der Waals surface area (Å²) in [4.78, 5) is 25.0. The highest BCUT2D eigenvalue weighted by atomic mass is 16.5. The molecule has 2 heterocycles. The number of carboxylic acid groups (broad SMARTS) is 1. The van der Waals surface area contributed by atoms with Crippen molar-refractivity contribution in [3.05, 3.63) is 59.7 Å². The van der Waals surface area contributed by atoms with E-state index < -0.39 is 17.3 Å². The van der Waals surface area contributed by atoms with Crippen molar-refractivity contribution >= 4 is 11.9 Å². The van der Waals surface area contributed by atoms with Crippen molar-refractivity contribution in [1.82, 2.24) is 5.32 Å². The molecule has 6 heteroatoms. The van der Waals surface area contributed by atoms with E-state index in [1.54, 1.807) is 0 Å². The number of nitrogens with one attached hydrogen (secondary N) is 1. The van der Waals surface area contributed by atoms with Gasteiger partial charge in [-0.1, -0.05) is 36.4 Å². The van der Waals surface area contributed by atoms with Crippen LogP contribution in [-0.4, -0.2) is 36.7 Å². The Morgan fingerprint density at radius 3 is 2.11 bits per heavy atom. The first-order valence-electron chi connectivity index (χ1n) is 9.05. The predicted octanol–water partition coefficient (Wildman–Crippen LogP) is 2.92. The van der Waals surface area contributed by atoms with E-state index in [1.165, 1.54) is 0 Å². The summed E-state index contributed by atoms with van der Waals surface area (Å²) in [6.45, 7) is 0.877. The highest BCUT2D eigenvalue weighted by Crippen LogP contribution is 2.44. The molecule has 0 saturated carbocycles. The minimum Gasteiger partial charge on any atom is -0.481 e. The molecule has 1 saturated heterocycles. The quantitative estimate of drug-likeness (QED) is 0.868. The van der Waals surface area contributed by atoms with Gasteiger partial charge >= 0.3 is 5.97 Å². The molecule has 4 rings (SSSR count). The first kappa shape index (κ1) is 17.5. The lowest BCUT2D eigenvalue weighted by atomic mass is 9.79. The fourth-order valence-corrected chi connectivity index (χ4v) is 3.78. The summed E-state index contributed by atoms with van der Waals surface area (Å²) in [5.41, 5.74) is 0.591. The molecule has 0 atom stereocenters. The second-order valence-corrected chi connectivity index (χ2v) is 7.03. The SMILES string of the molecule is O=C(NCC1(C(=O)O)CCOCC1)C1c2ccccc2Oc2ccccc21. The number of aliphatic carboxylic acids is 1. The molecule has 2 aliphatic rings. The van der Waals surface area contributed by atoms with Gasteiger partial charge in [0.15, 0.2) is 0 Å². The van der Waals surface area contributed by atoms with Gasteiger partial charge in [-0.25, -0.2) is 0 Å². The Morgan fingerprint density at radius 1 is 1.00 bits per heavy atom. The molecule has 0 spiro atoms. The molecular formula is C21H21NO5. The maximum absolute atomic E-state index is 13.1. The summed E-state index contributed by atoms with van der Waals surface area (Å²) in [6, 6.07) is 14.9. The molecule has 0 aromatic heterocycles. The Hall–Kier alpha value is -2.86. The van der Waals surface area contributed by atoms with Crippen LogP contribution in [0.2, 0.25) is 0 Å². The first-order chi connectivity index (χ1) is 13.1. The second-order valence-electron chi connectivity index (χ2n) is 7.03. The van der Waals surface area contributed by atoms with Crippen molar-refractivity contribution in [3.63, 3.8) is 0 Å². The third-order valence-electron chi connectivity index (χ3n) is 5.45. The third kappa shape index (κ3) is 3.17. The molecule has 27 heavy (non-hydrogen) atoms. The number of carbonyl (C=O) groups is 2. The molecule has 2 aromatic rings. The number of carboxylic acids is 1. The monoisotopic (exact) mass is 367 g/mol. The van der Waals surface area contributed by atoms with Gasteiger partial charge in [0.2, 0.25) is 5.91 Å². The van der Waals surface area contributed by atoms with Crippen LogP contribution in [-0.2, 0) is 14.3 Å². The predicted molar refractivity (Wildman–Crippen MR) is 97.9 cm³/mol. The van der Waals surface area contributed by atoms with Gasteiger partial charge in [0.25, 0.3) is 0 Å². The maximum Gasteiger partial charge on any atom is 0.311 e. The van der Waals surface area contributed by atoms with E-state index in [0.717, 1.165) is 11.1 Å². The van der Waals surface area contributed by atoms with Crippen molar-refractivity contribution < 1.29 is 24.2 Å². The number of carbonyl (C=O) groups excluding carboxylic acids is 1. The lowest BCUT2D eigenvalue weighted by molar-refractivity contribution is -0.154. The van der Waals surface area contributed by atoms with Crippen molar-refractivity contribution in [3.8, 4) is 11.5 Å². The number of ether oxygens (including phenoxy) is 2. The highest BCUT2D eigenvalue weighted by molar-refractivity contribution is 5.90.